The number of fused-ring (bicyclic) bond motifs is 1. The third-order valence-electron chi connectivity index (χ3n) is 8.05. The second-order valence-corrected chi connectivity index (χ2v) is 11.1. The molecule has 0 radical (unpaired) electrons. The van der Waals surface area contributed by atoms with Crippen LogP contribution in [0.2, 0.25) is 0 Å². The van der Waals surface area contributed by atoms with Crippen molar-refractivity contribution in [2.24, 2.45) is 0 Å². The summed E-state index contributed by atoms with van der Waals surface area (Å²) in [4.78, 5) is 17.4. The summed E-state index contributed by atoms with van der Waals surface area (Å²) in [6.07, 6.45) is 7.41. The Morgan fingerprint density at radius 2 is 1.70 bits per heavy atom. The number of ether oxygens (including phenoxy) is 3. The summed E-state index contributed by atoms with van der Waals surface area (Å²) in [5, 5.41) is 3.05. The molecule has 4 rings (SSSR count). The van der Waals surface area contributed by atoms with Crippen LogP contribution in [0.4, 0.5) is 0 Å². The van der Waals surface area contributed by atoms with E-state index in [1.165, 1.54) is 11.1 Å². The molecule has 0 bridgehead atoms. The van der Waals surface area contributed by atoms with Crippen molar-refractivity contribution in [3.63, 3.8) is 0 Å². The number of rotatable bonds is 18. The largest absolute Gasteiger partial charge is 0.494 e. The van der Waals surface area contributed by atoms with Gasteiger partial charge < -0.3 is 24.1 Å². The average Bonchev–Trinajstić information content (AvgIpc) is 3.39. The molecule has 0 aliphatic heterocycles. The third-order valence-corrected chi connectivity index (χ3v) is 8.05. The van der Waals surface area contributed by atoms with E-state index >= 15 is 0 Å². The van der Waals surface area contributed by atoms with Crippen molar-refractivity contribution < 1.29 is 19.0 Å². The molecule has 4 aromatic rings. The van der Waals surface area contributed by atoms with E-state index in [0.717, 1.165) is 74.1 Å². The molecule has 7 nitrogen and oxygen atoms in total. The number of amides is 1. The fraction of sp³-hybridized carbons (Fsp3) is 0.444. The first-order chi connectivity index (χ1) is 21.0. The molecule has 43 heavy (non-hydrogen) atoms. The van der Waals surface area contributed by atoms with Crippen LogP contribution in [0.1, 0.15) is 75.2 Å². The Bertz CT molecular complexity index is 1430. The number of benzene rings is 3. The average molecular weight is 586 g/mol. The van der Waals surface area contributed by atoms with Gasteiger partial charge in [-0.15, -0.1) is 0 Å². The summed E-state index contributed by atoms with van der Waals surface area (Å²) >= 11 is 0. The Morgan fingerprint density at radius 1 is 0.907 bits per heavy atom. The van der Waals surface area contributed by atoms with Crippen LogP contribution in [0.15, 0.2) is 66.7 Å². The molecule has 1 amide bonds. The predicted octanol–water partition coefficient (Wildman–Crippen LogP) is 7.50. The molecular weight excluding hydrogens is 538 g/mol. The van der Waals surface area contributed by atoms with Gasteiger partial charge >= 0.3 is 0 Å². The van der Waals surface area contributed by atoms with Crippen LogP contribution in [-0.2, 0) is 24.2 Å². The number of para-hydroxylation sites is 2. The van der Waals surface area contributed by atoms with Crippen molar-refractivity contribution >= 4 is 16.9 Å². The lowest BCUT2D eigenvalue weighted by molar-refractivity contribution is -0.120. The van der Waals surface area contributed by atoms with Crippen molar-refractivity contribution in [2.75, 3.05) is 27.4 Å². The molecule has 0 fully saturated rings. The molecule has 1 unspecified atom stereocenters. The lowest BCUT2D eigenvalue weighted by atomic mass is 9.99. The predicted molar refractivity (Wildman–Crippen MR) is 173 cm³/mol. The van der Waals surface area contributed by atoms with Crippen LogP contribution in [0.25, 0.3) is 11.0 Å². The zero-order valence-corrected chi connectivity index (χ0v) is 26.2. The van der Waals surface area contributed by atoms with Crippen LogP contribution >= 0.6 is 0 Å². The lowest BCUT2D eigenvalue weighted by Crippen LogP contribution is -2.26. The van der Waals surface area contributed by atoms with Crippen LogP contribution in [0.3, 0.4) is 0 Å². The molecular formula is C36H47N3O4. The molecule has 0 saturated carbocycles. The van der Waals surface area contributed by atoms with Crippen molar-refractivity contribution in [3.8, 4) is 17.2 Å². The van der Waals surface area contributed by atoms with Crippen LogP contribution < -0.4 is 19.5 Å². The molecule has 1 aromatic heterocycles. The van der Waals surface area contributed by atoms with E-state index in [2.05, 4.69) is 72.3 Å². The lowest BCUT2D eigenvalue weighted by Gasteiger charge is -2.12. The normalized spacial score (nSPS) is 11.8. The number of hydrogen-bond acceptors (Lipinski definition) is 5. The van der Waals surface area contributed by atoms with Gasteiger partial charge in [0, 0.05) is 19.5 Å². The monoisotopic (exact) mass is 585 g/mol. The summed E-state index contributed by atoms with van der Waals surface area (Å²) in [5.74, 6) is 3.97. The number of aromatic nitrogens is 2. The number of aryl methyl sites for hydroxylation is 2. The van der Waals surface area contributed by atoms with Gasteiger partial charge in [0.2, 0.25) is 5.91 Å². The number of nitrogens with zero attached hydrogens (tertiary/aromatic N) is 2. The first-order valence-corrected chi connectivity index (χ1v) is 15.7. The van der Waals surface area contributed by atoms with Gasteiger partial charge in [-0.25, -0.2) is 4.98 Å². The summed E-state index contributed by atoms with van der Waals surface area (Å²) in [7, 11) is 3.20. The molecule has 0 spiro atoms. The smallest absolute Gasteiger partial charge is 0.224 e. The number of unbranched alkanes of at least 4 members (excludes halogenated alkanes) is 3. The second kappa shape index (κ2) is 16.6. The highest BCUT2D eigenvalue weighted by Crippen LogP contribution is 2.28. The van der Waals surface area contributed by atoms with Gasteiger partial charge in [-0.05, 0) is 85.5 Å². The van der Waals surface area contributed by atoms with Gasteiger partial charge in [-0.3, -0.25) is 4.79 Å². The van der Waals surface area contributed by atoms with E-state index in [1.807, 2.05) is 18.2 Å². The number of methoxy groups -OCH3 is 2. The second-order valence-electron chi connectivity index (χ2n) is 11.1. The molecule has 1 atom stereocenters. The standard InChI is InChI=1S/C36H47N3O4/c1-5-27(2)29-17-19-30(20-18-29)43-24-12-11-23-39-32-14-9-8-13-31(32)38-35(39)15-7-6-10-22-37-36(40)26-28-16-21-33(41-3)34(25-28)42-4/h8-9,13-14,16-21,25,27H,5-7,10-12,15,22-24,26H2,1-4H3,(H,37,40). The minimum atomic E-state index is 0.0149. The Labute approximate surface area is 256 Å². The topological polar surface area (TPSA) is 74.6 Å². The van der Waals surface area contributed by atoms with Crippen LogP contribution in [0.5, 0.6) is 17.2 Å². The van der Waals surface area contributed by atoms with Crippen molar-refractivity contribution in [1.82, 2.24) is 14.9 Å². The Hall–Kier alpha value is -4.00. The van der Waals surface area contributed by atoms with Crippen LogP contribution in [0, 0.1) is 0 Å². The minimum absolute atomic E-state index is 0.0149. The molecule has 0 aliphatic carbocycles. The van der Waals surface area contributed by atoms with Gasteiger partial charge in [0.15, 0.2) is 11.5 Å². The maximum Gasteiger partial charge on any atom is 0.224 e. The van der Waals surface area contributed by atoms with Crippen molar-refractivity contribution in [1.29, 1.82) is 0 Å². The minimum Gasteiger partial charge on any atom is -0.494 e. The summed E-state index contributed by atoms with van der Waals surface area (Å²) in [6, 6.07) is 22.5. The molecule has 7 heteroatoms. The highest BCUT2D eigenvalue weighted by Gasteiger charge is 2.11. The molecule has 0 saturated heterocycles. The number of nitrogens with one attached hydrogen (secondary N) is 1. The van der Waals surface area contributed by atoms with E-state index in [-0.39, 0.29) is 5.91 Å². The molecule has 0 aliphatic rings. The fourth-order valence-electron chi connectivity index (χ4n) is 5.31. The van der Waals surface area contributed by atoms with Gasteiger partial charge in [0.1, 0.15) is 11.6 Å². The summed E-state index contributed by atoms with van der Waals surface area (Å²) < 4.78 is 19.0. The SMILES string of the molecule is CCC(C)c1ccc(OCCCCn2c(CCCCCNC(=O)Cc3ccc(OC)c(OC)c3)nc3ccccc32)cc1. The molecule has 230 valence electrons. The van der Waals surface area contributed by atoms with Gasteiger partial charge in [-0.1, -0.05) is 50.6 Å². The number of carbonyl (C=O) groups excluding carboxylic acids is 1. The summed E-state index contributed by atoms with van der Waals surface area (Å²) in [5.41, 5.74) is 4.51. The van der Waals surface area contributed by atoms with Gasteiger partial charge in [-0.2, -0.15) is 0 Å². The molecule has 1 heterocycles. The Kier molecular flexibility index (Phi) is 12.3. The van der Waals surface area contributed by atoms with E-state index in [0.29, 0.717) is 37.0 Å². The van der Waals surface area contributed by atoms with Gasteiger partial charge in [0.05, 0.1) is 38.3 Å². The number of hydrogen-bond donors (Lipinski definition) is 1. The van der Waals surface area contributed by atoms with E-state index in [9.17, 15) is 4.79 Å². The van der Waals surface area contributed by atoms with Crippen molar-refractivity contribution in [3.05, 3.63) is 83.7 Å². The first kappa shape index (κ1) is 31.9. The molecule has 1 N–H and O–H groups in total. The van der Waals surface area contributed by atoms with Gasteiger partial charge in [0.25, 0.3) is 0 Å². The molecule has 3 aromatic carbocycles. The maximum absolute atomic E-state index is 12.4. The maximum atomic E-state index is 12.4. The van der Waals surface area contributed by atoms with E-state index in [1.54, 1.807) is 14.2 Å². The zero-order valence-electron chi connectivity index (χ0n) is 26.2. The van der Waals surface area contributed by atoms with Crippen molar-refractivity contribution in [2.45, 2.75) is 77.7 Å². The fourth-order valence-corrected chi connectivity index (χ4v) is 5.31. The number of carbonyl (C=O) groups is 1. The zero-order chi connectivity index (χ0) is 30.4. The quantitative estimate of drug-likeness (QED) is 0.122. The highest BCUT2D eigenvalue weighted by atomic mass is 16.5. The van der Waals surface area contributed by atoms with E-state index in [4.69, 9.17) is 19.2 Å². The Morgan fingerprint density at radius 3 is 2.47 bits per heavy atom. The number of imidazole rings is 1. The summed E-state index contributed by atoms with van der Waals surface area (Å²) in [6.45, 7) is 6.79. The first-order valence-electron chi connectivity index (χ1n) is 15.7. The Balaban J connectivity index is 1.18. The third kappa shape index (κ3) is 9.24. The van der Waals surface area contributed by atoms with E-state index < -0.39 is 0 Å². The highest BCUT2D eigenvalue weighted by molar-refractivity contribution is 5.78. The van der Waals surface area contributed by atoms with Crippen LogP contribution in [-0.4, -0.2) is 42.8 Å².